The number of benzene rings is 2. The monoisotopic (exact) mass is 483 g/mol. The summed E-state index contributed by atoms with van der Waals surface area (Å²) in [6.45, 7) is 13.6. The van der Waals surface area contributed by atoms with Gasteiger partial charge in [-0.1, -0.05) is 82.6 Å². The second-order valence-corrected chi connectivity index (χ2v) is 12.6. The Morgan fingerprint density at radius 1 is 0.889 bits per heavy atom. The Morgan fingerprint density at radius 3 is 2.08 bits per heavy atom. The van der Waals surface area contributed by atoms with Gasteiger partial charge >= 0.3 is 0 Å². The van der Waals surface area contributed by atoms with E-state index < -0.39 is 5.41 Å². The Morgan fingerprint density at radius 2 is 1.50 bits per heavy atom. The van der Waals surface area contributed by atoms with Gasteiger partial charge in [-0.15, -0.1) is 0 Å². The van der Waals surface area contributed by atoms with Crippen LogP contribution in [0.3, 0.4) is 0 Å². The van der Waals surface area contributed by atoms with E-state index in [0.717, 1.165) is 28.3 Å². The molecule has 0 saturated heterocycles. The average Bonchev–Trinajstić information content (AvgIpc) is 3.20. The lowest BCUT2D eigenvalue weighted by Crippen LogP contribution is -2.57. The van der Waals surface area contributed by atoms with Gasteiger partial charge in [0.1, 0.15) is 22.8 Å². The molecule has 0 amide bonds. The number of para-hydroxylation sites is 1. The summed E-state index contributed by atoms with van der Waals surface area (Å²) >= 11 is 0. The summed E-state index contributed by atoms with van der Waals surface area (Å²) in [4.78, 5) is 29.9. The van der Waals surface area contributed by atoms with Crippen LogP contribution in [0, 0.1) is 17.8 Å². The smallest absolute Gasteiger partial charge is 0.149 e. The molecule has 1 aliphatic carbocycles. The van der Waals surface area contributed by atoms with Gasteiger partial charge in [-0.25, -0.2) is 4.68 Å². The Hall–Kier alpha value is -3.21. The standard InChI is InChI=1S/C31H37N3O2/c1-21-12-14-22(15-13-21)19-33-20-31(25(35)17-30(5,6)18-26(31)36)16-24-27(29(2,3)4)32-34(28(24)33)23-10-8-7-9-11-23/h7-15H,16-20H2,1-6H3. The number of Topliss-reactive ketones (excluding diaryl/α,β-unsaturated/α-hetero) is 2. The van der Waals surface area contributed by atoms with Gasteiger partial charge in [-0.05, 0) is 36.5 Å². The molecule has 188 valence electrons. The maximum atomic E-state index is 13.8. The van der Waals surface area contributed by atoms with Crippen molar-refractivity contribution in [2.24, 2.45) is 10.8 Å². The zero-order chi connectivity index (χ0) is 25.9. The van der Waals surface area contributed by atoms with Crippen LogP contribution in [0.25, 0.3) is 5.69 Å². The van der Waals surface area contributed by atoms with Crippen molar-refractivity contribution in [3.63, 3.8) is 0 Å². The number of carbonyl (C=O) groups excluding carboxylic acids is 2. The number of anilines is 1. The van der Waals surface area contributed by atoms with Gasteiger partial charge in [0.25, 0.3) is 0 Å². The van der Waals surface area contributed by atoms with Crippen LogP contribution < -0.4 is 4.90 Å². The van der Waals surface area contributed by atoms with Crippen molar-refractivity contribution in [3.8, 4) is 5.69 Å². The second-order valence-electron chi connectivity index (χ2n) is 12.6. The molecule has 1 spiro atoms. The third kappa shape index (κ3) is 4.19. The summed E-state index contributed by atoms with van der Waals surface area (Å²) in [5.74, 6) is 1.16. The number of hydrogen-bond donors (Lipinski definition) is 0. The summed E-state index contributed by atoms with van der Waals surface area (Å²) in [5.41, 5.74) is 3.79. The maximum absolute atomic E-state index is 13.8. The van der Waals surface area contributed by atoms with Crippen LogP contribution in [0.5, 0.6) is 0 Å². The number of nitrogens with zero attached hydrogens (tertiary/aromatic N) is 3. The Bertz CT molecular complexity index is 1290. The number of carbonyl (C=O) groups is 2. The Labute approximate surface area is 214 Å². The number of fused-ring (bicyclic) bond motifs is 1. The van der Waals surface area contributed by atoms with Crippen LogP contribution in [0.1, 0.15) is 69.8 Å². The fourth-order valence-electron chi connectivity index (χ4n) is 5.88. The zero-order valence-corrected chi connectivity index (χ0v) is 22.4. The minimum atomic E-state index is -1.02. The molecule has 3 aromatic rings. The van der Waals surface area contributed by atoms with E-state index >= 15 is 0 Å². The van der Waals surface area contributed by atoms with Crippen LogP contribution in [0.2, 0.25) is 0 Å². The summed E-state index contributed by atoms with van der Waals surface area (Å²) in [6.07, 6.45) is 1.30. The number of aromatic nitrogens is 2. The van der Waals surface area contributed by atoms with E-state index in [1.165, 1.54) is 5.56 Å². The molecule has 1 aliphatic heterocycles. The SMILES string of the molecule is Cc1ccc(CN2CC3(Cc4c(C(C)(C)C)nn(-c5ccccc5)c42)C(=O)CC(C)(C)CC3=O)cc1. The molecule has 2 aliphatic rings. The number of rotatable bonds is 3. The molecular formula is C31H37N3O2. The van der Waals surface area contributed by atoms with E-state index in [2.05, 4.69) is 69.0 Å². The van der Waals surface area contributed by atoms with Gasteiger partial charge in [0.2, 0.25) is 0 Å². The van der Waals surface area contributed by atoms with Gasteiger partial charge in [-0.3, -0.25) is 9.59 Å². The Kier molecular flexibility index (Phi) is 5.73. The van der Waals surface area contributed by atoms with Crippen molar-refractivity contribution in [1.29, 1.82) is 0 Å². The van der Waals surface area contributed by atoms with E-state index in [1.54, 1.807) is 0 Å². The average molecular weight is 484 g/mol. The van der Waals surface area contributed by atoms with Crippen molar-refractivity contribution in [3.05, 3.63) is 77.0 Å². The van der Waals surface area contributed by atoms with Crippen LogP contribution in [0.15, 0.2) is 54.6 Å². The number of aryl methyl sites for hydroxylation is 1. The second kappa shape index (κ2) is 8.43. The summed E-state index contributed by atoms with van der Waals surface area (Å²) in [6, 6.07) is 18.7. The highest BCUT2D eigenvalue weighted by Crippen LogP contribution is 2.49. The van der Waals surface area contributed by atoms with E-state index in [9.17, 15) is 9.59 Å². The fraction of sp³-hybridized carbons (Fsp3) is 0.452. The third-order valence-corrected chi connectivity index (χ3v) is 7.75. The zero-order valence-electron chi connectivity index (χ0n) is 22.4. The first-order valence-electron chi connectivity index (χ1n) is 12.9. The van der Waals surface area contributed by atoms with Gasteiger partial charge in [-0.2, -0.15) is 5.10 Å². The maximum Gasteiger partial charge on any atom is 0.149 e. The van der Waals surface area contributed by atoms with Crippen molar-refractivity contribution in [2.45, 2.75) is 72.8 Å². The van der Waals surface area contributed by atoms with E-state index in [-0.39, 0.29) is 22.4 Å². The summed E-state index contributed by atoms with van der Waals surface area (Å²) in [5, 5.41) is 5.15. The topological polar surface area (TPSA) is 55.2 Å². The van der Waals surface area contributed by atoms with Gasteiger partial charge in [0.15, 0.2) is 0 Å². The van der Waals surface area contributed by atoms with E-state index in [1.807, 2.05) is 36.7 Å². The molecule has 5 heteroatoms. The minimum absolute atomic E-state index is 0.0793. The molecule has 0 bridgehead atoms. The molecule has 2 heterocycles. The predicted octanol–water partition coefficient (Wildman–Crippen LogP) is 5.99. The predicted molar refractivity (Wildman–Crippen MR) is 144 cm³/mol. The van der Waals surface area contributed by atoms with Crippen molar-refractivity contribution in [2.75, 3.05) is 11.4 Å². The van der Waals surface area contributed by atoms with Gasteiger partial charge < -0.3 is 4.90 Å². The normalized spacial score (nSPS) is 19.0. The molecule has 0 radical (unpaired) electrons. The lowest BCUT2D eigenvalue weighted by molar-refractivity contribution is -0.148. The Balaban J connectivity index is 1.72. The summed E-state index contributed by atoms with van der Waals surface area (Å²) < 4.78 is 2.03. The molecule has 5 nitrogen and oxygen atoms in total. The highest BCUT2D eigenvalue weighted by Gasteiger charge is 2.56. The molecule has 0 N–H and O–H groups in total. The highest BCUT2D eigenvalue weighted by atomic mass is 16.2. The third-order valence-electron chi connectivity index (χ3n) is 7.75. The lowest BCUT2D eigenvalue weighted by atomic mass is 9.60. The van der Waals surface area contributed by atoms with Gasteiger partial charge in [0.05, 0.1) is 11.4 Å². The van der Waals surface area contributed by atoms with Crippen LogP contribution in [-0.2, 0) is 28.0 Å². The molecule has 0 unspecified atom stereocenters. The van der Waals surface area contributed by atoms with E-state index in [0.29, 0.717) is 32.4 Å². The fourth-order valence-corrected chi connectivity index (χ4v) is 5.88. The first-order chi connectivity index (χ1) is 16.9. The number of ketones is 2. The molecule has 1 aromatic heterocycles. The van der Waals surface area contributed by atoms with Crippen LogP contribution in [-0.4, -0.2) is 27.9 Å². The quantitative estimate of drug-likeness (QED) is 0.430. The number of hydrogen-bond acceptors (Lipinski definition) is 4. The molecular weight excluding hydrogens is 446 g/mol. The first-order valence-corrected chi connectivity index (χ1v) is 12.9. The largest absolute Gasteiger partial charge is 0.350 e. The van der Waals surface area contributed by atoms with Gasteiger partial charge in [0, 0.05) is 36.9 Å². The van der Waals surface area contributed by atoms with Crippen LogP contribution in [0.4, 0.5) is 5.82 Å². The summed E-state index contributed by atoms with van der Waals surface area (Å²) in [7, 11) is 0. The minimum Gasteiger partial charge on any atom is -0.350 e. The first kappa shape index (κ1) is 24.5. The highest BCUT2D eigenvalue weighted by molar-refractivity contribution is 6.11. The molecule has 0 atom stereocenters. The van der Waals surface area contributed by atoms with E-state index in [4.69, 9.17) is 5.10 Å². The molecule has 1 fully saturated rings. The molecule has 1 saturated carbocycles. The molecule has 5 rings (SSSR count). The lowest BCUT2D eigenvalue weighted by Gasteiger charge is -2.47. The molecule has 2 aromatic carbocycles. The molecule has 36 heavy (non-hydrogen) atoms. The van der Waals surface area contributed by atoms with Crippen LogP contribution >= 0.6 is 0 Å². The van der Waals surface area contributed by atoms with Crippen molar-refractivity contribution < 1.29 is 9.59 Å². The van der Waals surface area contributed by atoms with Crippen molar-refractivity contribution >= 4 is 17.4 Å². The van der Waals surface area contributed by atoms with Crippen molar-refractivity contribution in [1.82, 2.24) is 9.78 Å².